The summed E-state index contributed by atoms with van der Waals surface area (Å²) in [6.07, 6.45) is 2.96. The maximum absolute atomic E-state index is 12.8. The molecule has 0 radical (unpaired) electrons. The molecule has 0 aromatic carbocycles. The molecule has 3 rings (SSSR count). The van der Waals surface area contributed by atoms with Gasteiger partial charge in [-0.3, -0.25) is 9.69 Å². The van der Waals surface area contributed by atoms with E-state index in [1.54, 1.807) is 6.20 Å². The number of hydrogen-bond donors (Lipinski definition) is 1. The zero-order valence-corrected chi connectivity index (χ0v) is 13.6. The van der Waals surface area contributed by atoms with Crippen LogP contribution >= 0.6 is 11.3 Å². The van der Waals surface area contributed by atoms with Crippen LogP contribution in [0, 0.1) is 5.82 Å². The zero-order chi connectivity index (χ0) is 16.4. The summed E-state index contributed by atoms with van der Waals surface area (Å²) in [7, 11) is 0. The van der Waals surface area contributed by atoms with E-state index in [0.29, 0.717) is 11.0 Å². The van der Waals surface area contributed by atoms with Gasteiger partial charge in [-0.05, 0) is 13.0 Å². The minimum atomic E-state index is -0.374. The third-order valence-electron chi connectivity index (χ3n) is 3.70. The molecule has 2 atom stereocenters. The lowest BCUT2D eigenvalue weighted by Crippen LogP contribution is -2.60. The van der Waals surface area contributed by atoms with Gasteiger partial charge in [0.05, 0.1) is 6.20 Å². The summed E-state index contributed by atoms with van der Waals surface area (Å²) in [5.74, 6) is -0.0575. The highest BCUT2D eigenvalue weighted by Gasteiger charge is 2.37. The molecular formula is C15H17FN4O2S. The van der Waals surface area contributed by atoms with Crippen molar-refractivity contribution in [1.29, 1.82) is 0 Å². The lowest BCUT2D eigenvalue weighted by Gasteiger charge is -2.45. The molecule has 1 aliphatic rings. The smallest absolute Gasteiger partial charge is 0.223 e. The quantitative estimate of drug-likeness (QED) is 0.907. The van der Waals surface area contributed by atoms with Gasteiger partial charge in [0.2, 0.25) is 11.8 Å². The van der Waals surface area contributed by atoms with Crippen molar-refractivity contribution < 1.29 is 13.9 Å². The van der Waals surface area contributed by atoms with Crippen molar-refractivity contribution >= 4 is 22.4 Å². The Morgan fingerprint density at radius 2 is 2.30 bits per heavy atom. The van der Waals surface area contributed by atoms with Crippen molar-refractivity contribution in [2.45, 2.75) is 32.5 Å². The van der Waals surface area contributed by atoms with Crippen molar-refractivity contribution in [2.24, 2.45) is 0 Å². The molecule has 0 unspecified atom stereocenters. The summed E-state index contributed by atoms with van der Waals surface area (Å²) >= 11 is 1.47. The Kier molecular flexibility index (Phi) is 4.53. The second-order valence-electron chi connectivity index (χ2n) is 5.45. The number of hydrogen-bond acceptors (Lipinski definition) is 6. The van der Waals surface area contributed by atoms with Gasteiger partial charge in [-0.25, -0.2) is 14.4 Å². The van der Waals surface area contributed by atoms with Gasteiger partial charge in [-0.1, -0.05) is 0 Å². The van der Waals surface area contributed by atoms with Crippen LogP contribution in [0.4, 0.5) is 9.52 Å². The van der Waals surface area contributed by atoms with Crippen LogP contribution in [0.3, 0.4) is 0 Å². The third kappa shape index (κ3) is 3.83. The number of amides is 1. The van der Waals surface area contributed by atoms with Gasteiger partial charge in [0.1, 0.15) is 11.9 Å². The first kappa shape index (κ1) is 15.8. The van der Waals surface area contributed by atoms with Crippen LogP contribution in [0.1, 0.15) is 18.7 Å². The van der Waals surface area contributed by atoms with E-state index in [9.17, 15) is 9.18 Å². The van der Waals surface area contributed by atoms with E-state index < -0.39 is 0 Å². The summed E-state index contributed by atoms with van der Waals surface area (Å²) in [5, 5.41) is 3.29. The fraction of sp³-hybridized carbons (Fsp3) is 0.400. The highest BCUT2D eigenvalue weighted by molar-refractivity contribution is 7.15. The second-order valence-corrected chi connectivity index (χ2v) is 6.57. The molecule has 8 heteroatoms. The van der Waals surface area contributed by atoms with E-state index in [1.807, 2.05) is 0 Å². The van der Waals surface area contributed by atoms with Crippen molar-refractivity contribution in [3.63, 3.8) is 0 Å². The average molecular weight is 336 g/mol. The van der Waals surface area contributed by atoms with Gasteiger partial charge in [0.25, 0.3) is 0 Å². The van der Waals surface area contributed by atoms with E-state index in [4.69, 9.17) is 4.74 Å². The molecular weight excluding hydrogens is 319 g/mol. The van der Waals surface area contributed by atoms with E-state index >= 15 is 0 Å². The topological polar surface area (TPSA) is 67.4 Å². The van der Waals surface area contributed by atoms with Gasteiger partial charge in [-0.15, -0.1) is 11.3 Å². The van der Waals surface area contributed by atoms with Crippen LogP contribution in [0.5, 0.6) is 5.88 Å². The first-order valence-electron chi connectivity index (χ1n) is 7.26. The van der Waals surface area contributed by atoms with Crippen molar-refractivity contribution in [2.75, 3.05) is 11.9 Å². The minimum absolute atomic E-state index is 0.0377. The number of nitrogens with one attached hydrogen (secondary N) is 1. The van der Waals surface area contributed by atoms with Crippen LogP contribution in [0.25, 0.3) is 0 Å². The van der Waals surface area contributed by atoms with Gasteiger partial charge < -0.3 is 10.1 Å². The van der Waals surface area contributed by atoms with Crippen molar-refractivity contribution in [1.82, 2.24) is 14.9 Å². The molecule has 6 nitrogen and oxygen atoms in total. The lowest BCUT2D eigenvalue weighted by atomic mass is 10.0. The fourth-order valence-corrected chi connectivity index (χ4v) is 3.25. The number of anilines is 1. The van der Waals surface area contributed by atoms with Crippen LogP contribution in [0.15, 0.2) is 24.5 Å². The highest BCUT2D eigenvalue weighted by atomic mass is 32.1. The lowest BCUT2D eigenvalue weighted by molar-refractivity contribution is -0.114. The van der Waals surface area contributed by atoms with Gasteiger partial charge in [0, 0.05) is 43.2 Å². The monoisotopic (exact) mass is 336 g/mol. The van der Waals surface area contributed by atoms with Gasteiger partial charge >= 0.3 is 0 Å². The van der Waals surface area contributed by atoms with Crippen LogP contribution in [-0.4, -0.2) is 39.5 Å². The molecule has 2 aromatic rings. The maximum Gasteiger partial charge on any atom is 0.223 e. The van der Waals surface area contributed by atoms with Crippen LogP contribution in [-0.2, 0) is 11.3 Å². The molecule has 0 bridgehead atoms. The molecule has 2 aromatic heterocycles. The molecule has 1 aliphatic heterocycles. The van der Waals surface area contributed by atoms with Gasteiger partial charge in [-0.2, -0.15) is 0 Å². The Hall–Kier alpha value is -2.06. The molecule has 23 heavy (non-hydrogen) atoms. The first-order chi connectivity index (χ1) is 11.0. The number of carbonyl (C=O) groups is 1. The summed E-state index contributed by atoms with van der Waals surface area (Å²) in [6.45, 7) is 5.07. The molecule has 0 spiro atoms. The molecule has 1 fully saturated rings. The SMILES string of the molecule is CC(=O)Nc1ncc(CN2C[C@H](Oc3ccc(F)cn3)[C@H]2C)s1. The summed E-state index contributed by atoms with van der Waals surface area (Å²) in [6, 6.07) is 3.10. The number of pyridine rings is 1. The number of likely N-dealkylation sites (tertiary alicyclic amines) is 1. The number of nitrogens with zero attached hydrogens (tertiary/aromatic N) is 3. The Balaban J connectivity index is 1.51. The Morgan fingerprint density at radius 1 is 1.48 bits per heavy atom. The molecule has 122 valence electrons. The number of aromatic nitrogens is 2. The molecule has 0 saturated carbocycles. The number of rotatable bonds is 5. The highest BCUT2D eigenvalue weighted by Crippen LogP contribution is 2.27. The predicted octanol–water partition coefficient (Wildman–Crippen LogP) is 2.29. The maximum atomic E-state index is 12.8. The Labute approximate surface area is 137 Å². The fourth-order valence-electron chi connectivity index (χ4n) is 2.37. The minimum Gasteiger partial charge on any atom is -0.471 e. The first-order valence-corrected chi connectivity index (χ1v) is 8.07. The zero-order valence-electron chi connectivity index (χ0n) is 12.8. The normalized spacial score (nSPS) is 20.8. The molecule has 1 N–H and O–H groups in total. The van der Waals surface area contributed by atoms with Crippen molar-refractivity contribution in [3.05, 3.63) is 35.2 Å². The largest absolute Gasteiger partial charge is 0.471 e. The number of thiazole rings is 1. The number of carbonyl (C=O) groups excluding carboxylic acids is 1. The van der Waals surface area contributed by atoms with E-state index in [-0.39, 0.29) is 23.9 Å². The standard InChI is InChI=1S/C15H17FN4O2S/c1-9-13(22-14-4-3-11(16)5-17-14)8-20(9)7-12-6-18-15(23-12)19-10(2)21/h3-6,9,13H,7-8H2,1-2H3,(H,18,19,21)/t9-,13+/m1/s1. The molecule has 1 saturated heterocycles. The Bertz CT molecular complexity index is 691. The number of halogens is 1. The molecule has 3 heterocycles. The molecule has 0 aliphatic carbocycles. The van der Waals surface area contributed by atoms with Crippen LogP contribution < -0.4 is 10.1 Å². The average Bonchev–Trinajstić information content (AvgIpc) is 2.94. The van der Waals surface area contributed by atoms with E-state index in [2.05, 4.69) is 27.1 Å². The van der Waals surface area contributed by atoms with E-state index in [0.717, 1.165) is 24.2 Å². The van der Waals surface area contributed by atoms with E-state index in [1.165, 1.54) is 30.4 Å². The second kappa shape index (κ2) is 6.59. The Morgan fingerprint density at radius 3 is 2.96 bits per heavy atom. The van der Waals surface area contributed by atoms with Gasteiger partial charge in [0.15, 0.2) is 5.13 Å². The third-order valence-corrected chi connectivity index (χ3v) is 4.59. The summed E-state index contributed by atoms with van der Waals surface area (Å²) in [5.41, 5.74) is 0. The van der Waals surface area contributed by atoms with Crippen LogP contribution in [0.2, 0.25) is 0 Å². The summed E-state index contributed by atoms with van der Waals surface area (Å²) in [4.78, 5) is 22.4. The predicted molar refractivity (Wildman–Crippen MR) is 84.9 cm³/mol. The number of ether oxygens (including phenoxy) is 1. The molecule has 1 amide bonds. The summed E-state index contributed by atoms with van der Waals surface area (Å²) < 4.78 is 18.6. The van der Waals surface area contributed by atoms with Crippen molar-refractivity contribution in [3.8, 4) is 5.88 Å².